The molecule has 0 aromatic carbocycles. The maximum absolute atomic E-state index is 12.8. The van der Waals surface area contributed by atoms with Crippen molar-refractivity contribution in [1.29, 1.82) is 0 Å². The molecule has 0 saturated carbocycles. The topological polar surface area (TPSA) is 53.5 Å². The number of urea groups is 1. The Morgan fingerprint density at radius 3 is 2.58 bits per heavy atom. The van der Waals surface area contributed by atoms with Crippen molar-refractivity contribution in [2.75, 3.05) is 11.9 Å². The Kier molecular flexibility index (Phi) is 3.50. The molecular formula is C13H16FN3O2. The zero-order valence-corrected chi connectivity index (χ0v) is 11.1. The Balaban J connectivity index is 2.29. The summed E-state index contributed by atoms with van der Waals surface area (Å²) in [7, 11) is 1.59. The number of aromatic nitrogens is 1. The lowest BCUT2D eigenvalue weighted by Crippen LogP contribution is -2.32. The Labute approximate surface area is 111 Å². The number of likely N-dealkylation sites (N-methyl/N-ethyl adjacent to an activating group) is 1. The van der Waals surface area contributed by atoms with Gasteiger partial charge in [0, 0.05) is 7.05 Å². The second kappa shape index (κ2) is 4.95. The van der Waals surface area contributed by atoms with E-state index >= 15 is 0 Å². The fraction of sp³-hybridized carbons (Fsp3) is 0.462. The minimum atomic E-state index is -0.505. The van der Waals surface area contributed by atoms with Gasteiger partial charge in [0.15, 0.2) is 0 Å². The Morgan fingerprint density at radius 1 is 1.37 bits per heavy atom. The Bertz CT molecular complexity index is 501. The first-order valence-corrected chi connectivity index (χ1v) is 6.14. The molecule has 3 amide bonds. The van der Waals surface area contributed by atoms with E-state index in [-0.39, 0.29) is 11.7 Å². The second-order valence-corrected chi connectivity index (χ2v) is 5.05. The zero-order valence-electron chi connectivity index (χ0n) is 11.1. The summed E-state index contributed by atoms with van der Waals surface area (Å²) in [6, 6.07) is 1.61. The van der Waals surface area contributed by atoms with Crippen LogP contribution in [-0.4, -0.2) is 34.9 Å². The number of pyridine rings is 1. The standard InChI is InChI=1S/C13H16FN3O2/c1-8(2)6-10-12(18)17(13(19)16(10)3)11-5-4-9(14)7-15-11/h4-5,7-8,10H,6H2,1-3H3. The van der Waals surface area contributed by atoms with Crippen LogP contribution in [0.3, 0.4) is 0 Å². The van der Waals surface area contributed by atoms with E-state index in [1.54, 1.807) is 7.05 Å². The van der Waals surface area contributed by atoms with Crippen molar-refractivity contribution < 1.29 is 14.0 Å². The summed E-state index contributed by atoms with van der Waals surface area (Å²) in [5, 5.41) is 0. The van der Waals surface area contributed by atoms with Crippen molar-refractivity contribution in [2.24, 2.45) is 5.92 Å². The summed E-state index contributed by atoms with van der Waals surface area (Å²) in [6.45, 7) is 3.98. The van der Waals surface area contributed by atoms with Crippen LogP contribution in [0.15, 0.2) is 18.3 Å². The highest BCUT2D eigenvalue weighted by Crippen LogP contribution is 2.25. The highest BCUT2D eigenvalue weighted by molar-refractivity contribution is 6.20. The van der Waals surface area contributed by atoms with Crippen LogP contribution in [0.2, 0.25) is 0 Å². The van der Waals surface area contributed by atoms with Gasteiger partial charge in [-0.05, 0) is 24.5 Å². The summed E-state index contributed by atoms with van der Waals surface area (Å²) in [5.41, 5.74) is 0. The van der Waals surface area contributed by atoms with Crippen LogP contribution in [0.1, 0.15) is 20.3 Å². The molecule has 0 spiro atoms. The van der Waals surface area contributed by atoms with E-state index in [2.05, 4.69) is 4.98 Å². The van der Waals surface area contributed by atoms with E-state index < -0.39 is 17.9 Å². The number of hydrogen-bond donors (Lipinski definition) is 0. The number of amides is 3. The van der Waals surface area contributed by atoms with Crippen molar-refractivity contribution in [1.82, 2.24) is 9.88 Å². The number of hydrogen-bond acceptors (Lipinski definition) is 3. The molecule has 2 rings (SSSR count). The average molecular weight is 265 g/mol. The fourth-order valence-electron chi connectivity index (χ4n) is 2.12. The Morgan fingerprint density at radius 2 is 2.05 bits per heavy atom. The molecule has 0 aliphatic carbocycles. The number of anilines is 1. The SMILES string of the molecule is CC(C)CC1C(=O)N(c2ccc(F)cn2)C(=O)N1C. The minimum Gasteiger partial charge on any atom is -0.315 e. The molecule has 0 N–H and O–H groups in total. The molecule has 2 heterocycles. The molecule has 6 heteroatoms. The zero-order chi connectivity index (χ0) is 14.2. The molecule has 0 radical (unpaired) electrons. The third-order valence-corrected chi connectivity index (χ3v) is 3.10. The summed E-state index contributed by atoms with van der Waals surface area (Å²) < 4.78 is 12.8. The molecule has 1 aromatic heterocycles. The maximum atomic E-state index is 12.8. The molecule has 102 valence electrons. The highest BCUT2D eigenvalue weighted by atomic mass is 19.1. The number of carbonyl (C=O) groups is 2. The van der Waals surface area contributed by atoms with Gasteiger partial charge in [-0.2, -0.15) is 0 Å². The second-order valence-electron chi connectivity index (χ2n) is 5.05. The summed E-state index contributed by atoms with van der Waals surface area (Å²) >= 11 is 0. The first-order chi connectivity index (χ1) is 8.91. The van der Waals surface area contributed by atoms with Gasteiger partial charge in [0.05, 0.1) is 6.20 Å². The van der Waals surface area contributed by atoms with E-state index in [4.69, 9.17) is 0 Å². The predicted molar refractivity (Wildman–Crippen MR) is 68.1 cm³/mol. The number of nitrogens with zero attached hydrogens (tertiary/aromatic N) is 3. The first-order valence-electron chi connectivity index (χ1n) is 6.14. The lowest BCUT2D eigenvalue weighted by Gasteiger charge is -2.17. The lowest BCUT2D eigenvalue weighted by atomic mass is 10.0. The van der Waals surface area contributed by atoms with Crippen LogP contribution in [0, 0.1) is 11.7 Å². The maximum Gasteiger partial charge on any atom is 0.333 e. The van der Waals surface area contributed by atoms with Crippen LogP contribution in [0.5, 0.6) is 0 Å². The molecule has 5 nitrogen and oxygen atoms in total. The molecule has 1 aliphatic rings. The van der Waals surface area contributed by atoms with Gasteiger partial charge in [-0.25, -0.2) is 19.1 Å². The lowest BCUT2D eigenvalue weighted by molar-refractivity contribution is -0.119. The van der Waals surface area contributed by atoms with Crippen LogP contribution < -0.4 is 4.90 Å². The summed E-state index contributed by atoms with van der Waals surface area (Å²) in [4.78, 5) is 30.6. The molecule has 1 aromatic rings. The normalized spacial score (nSPS) is 19.7. The number of halogens is 1. The van der Waals surface area contributed by atoms with Gasteiger partial charge in [0.1, 0.15) is 17.7 Å². The highest BCUT2D eigenvalue weighted by Gasteiger charge is 2.44. The summed E-state index contributed by atoms with van der Waals surface area (Å²) in [6.07, 6.45) is 1.59. The third-order valence-electron chi connectivity index (χ3n) is 3.10. The van der Waals surface area contributed by atoms with Crippen molar-refractivity contribution in [3.63, 3.8) is 0 Å². The van der Waals surface area contributed by atoms with Crippen molar-refractivity contribution in [3.8, 4) is 0 Å². The van der Waals surface area contributed by atoms with E-state index in [0.717, 1.165) is 11.1 Å². The van der Waals surface area contributed by atoms with Gasteiger partial charge in [0.2, 0.25) is 0 Å². The average Bonchev–Trinajstić information content (AvgIpc) is 2.55. The van der Waals surface area contributed by atoms with E-state index in [1.165, 1.54) is 17.0 Å². The molecule has 1 atom stereocenters. The fourth-order valence-corrected chi connectivity index (χ4v) is 2.12. The van der Waals surface area contributed by atoms with Crippen LogP contribution >= 0.6 is 0 Å². The van der Waals surface area contributed by atoms with Gasteiger partial charge in [0.25, 0.3) is 5.91 Å². The monoisotopic (exact) mass is 265 g/mol. The smallest absolute Gasteiger partial charge is 0.315 e. The van der Waals surface area contributed by atoms with Crippen LogP contribution in [0.25, 0.3) is 0 Å². The van der Waals surface area contributed by atoms with Gasteiger partial charge >= 0.3 is 6.03 Å². The number of imide groups is 1. The van der Waals surface area contributed by atoms with E-state index in [9.17, 15) is 14.0 Å². The van der Waals surface area contributed by atoms with Crippen LogP contribution in [0.4, 0.5) is 15.0 Å². The van der Waals surface area contributed by atoms with Gasteiger partial charge in [-0.15, -0.1) is 0 Å². The Hall–Kier alpha value is -1.98. The molecule has 1 aliphatic heterocycles. The number of rotatable bonds is 3. The molecule has 19 heavy (non-hydrogen) atoms. The van der Waals surface area contributed by atoms with Gasteiger partial charge in [-0.1, -0.05) is 13.8 Å². The van der Waals surface area contributed by atoms with E-state index in [1.807, 2.05) is 13.8 Å². The quantitative estimate of drug-likeness (QED) is 0.786. The molecular weight excluding hydrogens is 249 g/mol. The van der Waals surface area contributed by atoms with E-state index in [0.29, 0.717) is 12.3 Å². The largest absolute Gasteiger partial charge is 0.333 e. The molecule has 0 bridgehead atoms. The van der Waals surface area contributed by atoms with Crippen molar-refractivity contribution >= 4 is 17.8 Å². The minimum absolute atomic E-state index is 0.162. The summed E-state index contributed by atoms with van der Waals surface area (Å²) in [5.74, 6) is -0.352. The van der Waals surface area contributed by atoms with Gasteiger partial charge in [-0.3, -0.25) is 4.79 Å². The third kappa shape index (κ3) is 2.43. The molecule has 1 unspecified atom stereocenters. The van der Waals surface area contributed by atoms with Crippen molar-refractivity contribution in [2.45, 2.75) is 26.3 Å². The van der Waals surface area contributed by atoms with Crippen LogP contribution in [-0.2, 0) is 4.79 Å². The molecule has 1 fully saturated rings. The molecule has 1 saturated heterocycles. The van der Waals surface area contributed by atoms with Crippen molar-refractivity contribution in [3.05, 3.63) is 24.1 Å². The first kappa shape index (κ1) is 13.5. The van der Waals surface area contributed by atoms with Gasteiger partial charge < -0.3 is 4.90 Å². The predicted octanol–water partition coefficient (Wildman–Crippen LogP) is 2.03. The number of carbonyl (C=O) groups excluding carboxylic acids is 2.